The van der Waals surface area contributed by atoms with Gasteiger partial charge in [0.25, 0.3) is 0 Å². The van der Waals surface area contributed by atoms with Gasteiger partial charge in [0.2, 0.25) is 5.91 Å². The Morgan fingerprint density at radius 3 is 3.05 bits per heavy atom. The van der Waals surface area contributed by atoms with E-state index < -0.39 is 0 Å². The van der Waals surface area contributed by atoms with Crippen LogP contribution in [-0.2, 0) is 11.2 Å². The summed E-state index contributed by atoms with van der Waals surface area (Å²) in [6, 6.07) is 5.85. The van der Waals surface area contributed by atoms with E-state index in [9.17, 15) is 4.79 Å². The zero-order valence-corrected chi connectivity index (χ0v) is 11.1. The topological polar surface area (TPSA) is 81.2 Å². The minimum absolute atomic E-state index is 0.0257. The third-order valence-corrected chi connectivity index (χ3v) is 2.93. The van der Waals surface area contributed by atoms with Crippen LogP contribution in [0, 0.1) is 6.92 Å². The molecule has 1 heterocycles. The van der Waals surface area contributed by atoms with Gasteiger partial charge in [0.05, 0.1) is 0 Å². The Hall–Kier alpha value is -1.88. The maximum Gasteiger partial charge on any atom is 0.220 e. The number of carbonyl (C=O) groups is 1. The Bertz CT molecular complexity index is 563. The van der Waals surface area contributed by atoms with Gasteiger partial charge in [-0.15, -0.1) is 0 Å². The minimum atomic E-state index is 0.0257. The van der Waals surface area contributed by atoms with Crippen LogP contribution in [0.1, 0.15) is 24.3 Å². The van der Waals surface area contributed by atoms with E-state index in [1.165, 1.54) is 0 Å². The molecule has 0 radical (unpaired) electrons. The van der Waals surface area contributed by atoms with Gasteiger partial charge in [0.15, 0.2) is 11.5 Å². The van der Waals surface area contributed by atoms with Crippen molar-refractivity contribution in [2.24, 2.45) is 5.73 Å². The number of rotatable bonds is 6. The van der Waals surface area contributed by atoms with Crippen molar-refractivity contribution >= 4 is 17.0 Å². The van der Waals surface area contributed by atoms with Crippen LogP contribution in [0.5, 0.6) is 0 Å². The standard InChI is InChI=1S/C14H19N3O2/c1-10-4-2-5-11-14(10)17-13(19-11)7-9-16-12(18)6-3-8-15/h2,4-5H,3,6-9,15H2,1H3,(H,16,18). The lowest BCUT2D eigenvalue weighted by Gasteiger charge is -2.02. The lowest BCUT2D eigenvalue weighted by atomic mass is 10.2. The van der Waals surface area contributed by atoms with Crippen molar-refractivity contribution in [1.82, 2.24) is 10.3 Å². The number of oxazole rings is 1. The van der Waals surface area contributed by atoms with Crippen molar-refractivity contribution in [3.8, 4) is 0 Å². The van der Waals surface area contributed by atoms with Crippen LogP contribution in [0.25, 0.3) is 11.1 Å². The fraction of sp³-hybridized carbons (Fsp3) is 0.429. The summed E-state index contributed by atoms with van der Waals surface area (Å²) in [4.78, 5) is 15.8. The van der Waals surface area contributed by atoms with Crippen molar-refractivity contribution in [1.29, 1.82) is 0 Å². The molecule has 0 aliphatic carbocycles. The number of fused-ring (bicyclic) bond motifs is 1. The second-order valence-electron chi connectivity index (χ2n) is 4.52. The predicted molar refractivity (Wildman–Crippen MR) is 73.7 cm³/mol. The molecule has 0 bridgehead atoms. The van der Waals surface area contributed by atoms with Gasteiger partial charge in [-0.1, -0.05) is 12.1 Å². The van der Waals surface area contributed by atoms with Crippen molar-refractivity contribution < 1.29 is 9.21 Å². The molecule has 1 aromatic carbocycles. The number of nitrogens with one attached hydrogen (secondary N) is 1. The highest BCUT2D eigenvalue weighted by molar-refractivity contribution is 5.76. The zero-order chi connectivity index (χ0) is 13.7. The van der Waals surface area contributed by atoms with Gasteiger partial charge in [-0.3, -0.25) is 4.79 Å². The van der Waals surface area contributed by atoms with E-state index in [0.717, 1.165) is 16.7 Å². The van der Waals surface area contributed by atoms with E-state index >= 15 is 0 Å². The quantitative estimate of drug-likeness (QED) is 0.826. The number of nitrogens with zero attached hydrogens (tertiary/aromatic N) is 1. The Morgan fingerprint density at radius 1 is 1.47 bits per heavy atom. The molecule has 0 fully saturated rings. The summed E-state index contributed by atoms with van der Waals surface area (Å²) in [6.07, 6.45) is 1.79. The molecule has 2 rings (SSSR count). The molecule has 3 N–H and O–H groups in total. The predicted octanol–water partition coefficient (Wildman–Crippen LogP) is 1.53. The van der Waals surface area contributed by atoms with Crippen LogP contribution < -0.4 is 11.1 Å². The molecule has 0 unspecified atom stereocenters. The Morgan fingerprint density at radius 2 is 2.32 bits per heavy atom. The van der Waals surface area contributed by atoms with E-state index in [0.29, 0.717) is 38.2 Å². The molecule has 1 amide bonds. The first kappa shape index (κ1) is 13.5. The van der Waals surface area contributed by atoms with Crippen LogP contribution in [0.15, 0.2) is 22.6 Å². The van der Waals surface area contributed by atoms with Gasteiger partial charge in [-0.05, 0) is 31.5 Å². The largest absolute Gasteiger partial charge is 0.441 e. The van der Waals surface area contributed by atoms with Crippen molar-refractivity contribution in [3.05, 3.63) is 29.7 Å². The summed E-state index contributed by atoms with van der Waals surface area (Å²) >= 11 is 0. The Kier molecular flexibility index (Phi) is 4.52. The van der Waals surface area contributed by atoms with E-state index in [-0.39, 0.29) is 5.91 Å². The number of aryl methyl sites for hydroxylation is 1. The molecule has 0 saturated heterocycles. The molecule has 0 aliphatic rings. The summed E-state index contributed by atoms with van der Waals surface area (Å²) in [5, 5.41) is 2.83. The van der Waals surface area contributed by atoms with Gasteiger partial charge in [0, 0.05) is 19.4 Å². The molecule has 0 spiro atoms. The summed E-state index contributed by atoms with van der Waals surface area (Å²) < 4.78 is 5.63. The fourth-order valence-corrected chi connectivity index (χ4v) is 1.90. The summed E-state index contributed by atoms with van der Waals surface area (Å²) in [7, 11) is 0. The molecule has 19 heavy (non-hydrogen) atoms. The molecule has 2 aromatic rings. The average Bonchev–Trinajstić information content (AvgIpc) is 2.81. The SMILES string of the molecule is Cc1cccc2oc(CCNC(=O)CCCN)nc12. The Labute approximate surface area is 112 Å². The maximum atomic E-state index is 11.4. The van der Waals surface area contributed by atoms with Gasteiger partial charge in [-0.25, -0.2) is 4.98 Å². The number of nitrogens with two attached hydrogens (primary N) is 1. The summed E-state index contributed by atoms with van der Waals surface area (Å²) in [5.41, 5.74) is 8.14. The highest BCUT2D eigenvalue weighted by Gasteiger charge is 2.07. The van der Waals surface area contributed by atoms with Crippen LogP contribution in [0.3, 0.4) is 0 Å². The first-order valence-electron chi connectivity index (χ1n) is 6.52. The van der Waals surface area contributed by atoms with Gasteiger partial charge in [-0.2, -0.15) is 0 Å². The first-order valence-corrected chi connectivity index (χ1v) is 6.52. The van der Waals surface area contributed by atoms with Crippen molar-refractivity contribution in [2.75, 3.05) is 13.1 Å². The molecule has 5 heteroatoms. The first-order chi connectivity index (χ1) is 9.20. The van der Waals surface area contributed by atoms with Gasteiger partial charge in [0.1, 0.15) is 5.52 Å². The lowest BCUT2D eigenvalue weighted by Crippen LogP contribution is -2.26. The highest BCUT2D eigenvalue weighted by atomic mass is 16.3. The van der Waals surface area contributed by atoms with Gasteiger partial charge < -0.3 is 15.5 Å². The van der Waals surface area contributed by atoms with E-state index in [1.807, 2.05) is 25.1 Å². The van der Waals surface area contributed by atoms with E-state index in [4.69, 9.17) is 10.2 Å². The highest BCUT2D eigenvalue weighted by Crippen LogP contribution is 2.18. The van der Waals surface area contributed by atoms with Crippen molar-refractivity contribution in [2.45, 2.75) is 26.2 Å². The Balaban J connectivity index is 1.88. The molecule has 0 atom stereocenters. The molecule has 0 saturated carbocycles. The van der Waals surface area contributed by atoms with Crippen LogP contribution in [-0.4, -0.2) is 24.0 Å². The number of benzene rings is 1. The normalized spacial score (nSPS) is 10.8. The fourth-order valence-electron chi connectivity index (χ4n) is 1.90. The molecule has 5 nitrogen and oxygen atoms in total. The van der Waals surface area contributed by atoms with Crippen LogP contribution >= 0.6 is 0 Å². The number of carbonyl (C=O) groups excluding carboxylic acids is 1. The zero-order valence-electron chi connectivity index (χ0n) is 11.1. The van der Waals surface area contributed by atoms with E-state index in [1.54, 1.807) is 0 Å². The average molecular weight is 261 g/mol. The molecule has 1 aromatic heterocycles. The molecule has 102 valence electrons. The monoisotopic (exact) mass is 261 g/mol. The van der Waals surface area contributed by atoms with E-state index in [2.05, 4.69) is 10.3 Å². The third kappa shape index (κ3) is 3.54. The number of para-hydroxylation sites is 1. The molecule has 0 aliphatic heterocycles. The summed E-state index contributed by atoms with van der Waals surface area (Å²) in [6.45, 7) is 3.08. The minimum Gasteiger partial charge on any atom is -0.441 e. The number of aromatic nitrogens is 1. The van der Waals surface area contributed by atoms with Crippen LogP contribution in [0.2, 0.25) is 0 Å². The third-order valence-electron chi connectivity index (χ3n) is 2.93. The molecular formula is C14H19N3O2. The summed E-state index contributed by atoms with van der Waals surface area (Å²) in [5.74, 6) is 0.682. The second kappa shape index (κ2) is 6.33. The number of hydrogen-bond donors (Lipinski definition) is 2. The number of hydrogen-bond acceptors (Lipinski definition) is 4. The van der Waals surface area contributed by atoms with Crippen molar-refractivity contribution in [3.63, 3.8) is 0 Å². The van der Waals surface area contributed by atoms with Crippen LogP contribution in [0.4, 0.5) is 0 Å². The lowest BCUT2D eigenvalue weighted by molar-refractivity contribution is -0.121. The number of amides is 1. The smallest absolute Gasteiger partial charge is 0.220 e. The van der Waals surface area contributed by atoms with Gasteiger partial charge >= 0.3 is 0 Å². The second-order valence-corrected chi connectivity index (χ2v) is 4.52. The maximum absolute atomic E-state index is 11.4. The molecular weight excluding hydrogens is 242 g/mol.